The fourth-order valence-electron chi connectivity index (χ4n) is 1.83. The quantitative estimate of drug-likeness (QED) is 0.479. The standard InChI is InChI=1S/C17H17N3O4/c1-20(2)19-18-14-7-3-12(4-8-14)17(23)13-5-9-15(10-6-13)24-11-16(21)22/h3-10H,11H2,1-2H3,(H,21,22). The number of ketones is 1. The molecule has 0 heterocycles. The number of hydrogen-bond donors (Lipinski definition) is 1. The summed E-state index contributed by atoms with van der Waals surface area (Å²) in [6.07, 6.45) is 0. The average molecular weight is 327 g/mol. The highest BCUT2D eigenvalue weighted by Crippen LogP contribution is 2.18. The molecule has 0 atom stereocenters. The third kappa shape index (κ3) is 4.91. The summed E-state index contributed by atoms with van der Waals surface area (Å²) in [5, 5.41) is 18.0. The summed E-state index contributed by atoms with van der Waals surface area (Å²) >= 11 is 0. The first-order chi connectivity index (χ1) is 11.5. The van der Waals surface area contributed by atoms with Gasteiger partial charge >= 0.3 is 5.97 Å². The van der Waals surface area contributed by atoms with E-state index in [1.165, 1.54) is 0 Å². The van der Waals surface area contributed by atoms with Crippen LogP contribution >= 0.6 is 0 Å². The molecular weight excluding hydrogens is 310 g/mol. The van der Waals surface area contributed by atoms with Gasteiger partial charge in [-0.15, -0.1) is 5.11 Å². The molecule has 124 valence electrons. The van der Waals surface area contributed by atoms with E-state index in [2.05, 4.69) is 10.3 Å². The SMILES string of the molecule is CN(C)N=Nc1ccc(C(=O)c2ccc(OCC(=O)O)cc2)cc1. The monoisotopic (exact) mass is 327 g/mol. The molecule has 0 amide bonds. The van der Waals surface area contributed by atoms with Crippen molar-refractivity contribution in [3.8, 4) is 5.75 Å². The Kier molecular flexibility index (Phi) is 5.62. The Bertz CT molecular complexity index is 737. The lowest BCUT2D eigenvalue weighted by Crippen LogP contribution is -2.09. The second-order valence-corrected chi connectivity index (χ2v) is 5.12. The number of nitrogens with zero attached hydrogens (tertiary/aromatic N) is 3. The van der Waals surface area contributed by atoms with Crippen molar-refractivity contribution in [2.24, 2.45) is 10.3 Å². The van der Waals surface area contributed by atoms with Gasteiger partial charge in [-0.25, -0.2) is 4.79 Å². The third-order valence-corrected chi connectivity index (χ3v) is 2.95. The summed E-state index contributed by atoms with van der Waals surface area (Å²) in [4.78, 5) is 22.9. The van der Waals surface area contributed by atoms with E-state index in [1.807, 2.05) is 0 Å². The molecule has 0 radical (unpaired) electrons. The summed E-state index contributed by atoms with van der Waals surface area (Å²) in [5.74, 6) is -0.800. The second-order valence-electron chi connectivity index (χ2n) is 5.12. The zero-order chi connectivity index (χ0) is 17.5. The van der Waals surface area contributed by atoms with Crippen molar-refractivity contribution in [1.82, 2.24) is 5.01 Å². The second kappa shape index (κ2) is 7.87. The maximum Gasteiger partial charge on any atom is 0.341 e. The molecule has 0 aromatic heterocycles. The van der Waals surface area contributed by atoms with E-state index in [-0.39, 0.29) is 5.78 Å². The topological polar surface area (TPSA) is 91.6 Å². The van der Waals surface area contributed by atoms with E-state index >= 15 is 0 Å². The van der Waals surface area contributed by atoms with Gasteiger partial charge in [0.05, 0.1) is 5.69 Å². The van der Waals surface area contributed by atoms with E-state index in [0.29, 0.717) is 22.6 Å². The lowest BCUT2D eigenvalue weighted by Gasteiger charge is -2.05. The number of carboxylic acid groups (broad SMARTS) is 1. The predicted octanol–water partition coefficient (Wildman–Crippen LogP) is 2.94. The molecule has 0 unspecified atom stereocenters. The lowest BCUT2D eigenvalue weighted by atomic mass is 10.0. The minimum absolute atomic E-state index is 0.143. The molecule has 2 rings (SSSR count). The molecule has 0 spiro atoms. The largest absolute Gasteiger partial charge is 0.482 e. The lowest BCUT2D eigenvalue weighted by molar-refractivity contribution is -0.139. The summed E-state index contributed by atoms with van der Waals surface area (Å²) in [5.41, 5.74) is 1.66. The van der Waals surface area contributed by atoms with Gasteiger partial charge in [0, 0.05) is 25.2 Å². The Morgan fingerprint density at radius 3 is 2.04 bits per heavy atom. The molecule has 0 aliphatic heterocycles. The molecule has 2 aromatic rings. The molecule has 0 aliphatic rings. The summed E-state index contributed by atoms with van der Waals surface area (Å²) in [6, 6.07) is 13.1. The highest BCUT2D eigenvalue weighted by Gasteiger charge is 2.09. The Morgan fingerprint density at radius 2 is 1.54 bits per heavy atom. The number of rotatable bonds is 7. The zero-order valence-corrected chi connectivity index (χ0v) is 13.3. The van der Waals surface area contributed by atoms with Crippen molar-refractivity contribution in [1.29, 1.82) is 0 Å². The smallest absolute Gasteiger partial charge is 0.341 e. The number of carbonyl (C=O) groups is 2. The van der Waals surface area contributed by atoms with Gasteiger partial charge in [0.15, 0.2) is 12.4 Å². The average Bonchev–Trinajstić information content (AvgIpc) is 2.58. The Hall–Kier alpha value is -3.22. The fourth-order valence-corrected chi connectivity index (χ4v) is 1.83. The molecule has 0 saturated carbocycles. The van der Waals surface area contributed by atoms with Gasteiger partial charge < -0.3 is 9.84 Å². The molecule has 24 heavy (non-hydrogen) atoms. The number of aliphatic carboxylic acids is 1. The van der Waals surface area contributed by atoms with Crippen LogP contribution in [0.25, 0.3) is 0 Å². The van der Waals surface area contributed by atoms with Gasteiger partial charge in [0.25, 0.3) is 0 Å². The van der Waals surface area contributed by atoms with Crippen LogP contribution in [0.3, 0.4) is 0 Å². The van der Waals surface area contributed by atoms with Crippen molar-refractivity contribution >= 4 is 17.4 Å². The summed E-state index contributed by atoms with van der Waals surface area (Å²) < 4.78 is 5.03. The summed E-state index contributed by atoms with van der Waals surface area (Å²) in [6.45, 7) is -0.420. The molecular formula is C17H17N3O4. The van der Waals surface area contributed by atoms with Crippen LogP contribution in [0.5, 0.6) is 5.75 Å². The normalized spacial score (nSPS) is 10.6. The van der Waals surface area contributed by atoms with E-state index in [1.54, 1.807) is 67.6 Å². The Labute approximate surface area is 139 Å². The van der Waals surface area contributed by atoms with Crippen LogP contribution < -0.4 is 4.74 Å². The minimum atomic E-state index is -1.05. The Morgan fingerprint density at radius 1 is 1.00 bits per heavy atom. The first-order valence-electron chi connectivity index (χ1n) is 7.14. The van der Waals surface area contributed by atoms with Crippen LogP contribution in [0, 0.1) is 0 Å². The van der Waals surface area contributed by atoms with Gasteiger partial charge in [-0.1, -0.05) is 5.22 Å². The molecule has 0 aliphatic carbocycles. The molecule has 0 fully saturated rings. The first-order valence-corrected chi connectivity index (χ1v) is 7.14. The fraction of sp³-hybridized carbons (Fsp3) is 0.176. The maximum absolute atomic E-state index is 12.4. The first kappa shape index (κ1) is 17.1. The number of carbonyl (C=O) groups excluding carboxylic acids is 1. The van der Waals surface area contributed by atoms with E-state index in [9.17, 15) is 9.59 Å². The minimum Gasteiger partial charge on any atom is -0.482 e. The Balaban J connectivity index is 2.06. The third-order valence-electron chi connectivity index (χ3n) is 2.95. The number of benzene rings is 2. The van der Waals surface area contributed by atoms with Crippen LogP contribution in [0.2, 0.25) is 0 Å². The zero-order valence-electron chi connectivity index (χ0n) is 13.3. The van der Waals surface area contributed by atoms with Gasteiger partial charge in [-0.2, -0.15) is 0 Å². The molecule has 0 saturated heterocycles. The maximum atomic E-state index is 12.4. The van der Waals surface area contributed by atoms with Gasteiger partial charge in [0.2, 0.25) is 0 Å². The summed E-state index contributed by atoms with van der Waals surface area (Å²) in [7, 11) is 3.54. The number of carboxylic acids is 1. The molecule has 0 bridgehead atoms. The number of ether oxygens (including phenoxy) is 1. The van der Waals surface area contributed by atoms with Crippen molar-refractivity contribution < 1.29 is 19.4 Å². The highest BCUT2D eigenvalue weighted by molar-refractivity contribution is 6.09. The molecule has 7 heteroatoms. The van der Waals surface area contributed by atoms with Gasteiger partial charge in [-0.3, -0.25) is 9.80 Å². The van der Waals surface area contributed by atoms with Crippen molar-refractivity contribution in [3.63, 3.8) is 0 Å². The van der Waals surface area contributed by atoms with Crippen LogP contribution in [0.15, 0.2) is 58.9 Å². The highest BCUT2D eigenvalue weighted by atomic mass is 16.5. The van der Waals surface area contributed by atoms with Gasteiger partial charge in [-0.05, 0) is 48.5 Å². The van der Waals surface area contributed by atoms with E-state index in [4.69, 9.17) is 9.84 Å². The van der Waals surface area contributed by atoms with Crippen LogP contribution in [0.4, 0.5) is 5.69 Å². The predicted molar refractivity (Wildman–Crippen MR) is 87.7 cm³/mol. The van der Waals surface area contributed by atoms with Gasteiger partial charge in [0.1, 0.15) is 5.75 Å². The van der Waals surface area contributed by atoms with E-state index < -0.39 is 12.6 Å². The number of hydrogen-bond acceptors (Lipinski definition) is 5. The molecule has 1 N–H and O–H groups in total. The van der Waals surface area contributed by atoms with Crippen molar-refractivity contribution in [2.45, 2.75) is 0 Å². The molecule has 2 aromatic carbocycles. The van der Waals surface area contributed by atoms with Crippen LogP contribution in [-0.2, 0) is 4.79 Å². The van der Waals surface area contributed by atoms with Crippen molar-refractivity contribution in [3.05, 3.63) is 59.7 Å². The van der Waals surface area contributed by atoms with Crippen LogP contribution in [0.1, 0.15) is 15.9 Å². The van der Waals surface area contributed by atoms with Crippen LogP contribution in [-0.4, -0.2) is 42.6 Å². The van der Waals surface area contributed by atoms with Crippen molar-refractivity contribution in [2.75, 3.05) is 20.7 Å². The van der Waals surface area contributed by atoms with E-state index in [0.717, 1.165) is 0 Å². The molecule has 7 nitrogen and oxygen atoms in total.